The van der Waals surface area contributed by atoms with Crippen LogP contribution in [0.2, 0.25) is 10.0 Å². The van der Waals surface area contributed by atoms with Crippen LogP contribution in [0.15, 0.2) is 6.07 Å². The van der Waals surface area contributed by atoms with Gasteiger partial charge in [-0.3, -0.25) is 4.79 Å². The molecular formula is C14H20Cl2N4O. The van der Waals surface area contributed by atoms with Gasteiger partial charge in [0.25, 0.3) is 0 Å². The minimum absolute atomic E-state index is 0.0478. The van der Waals surface area contributed by atoms with Crippen molar-refractivity contribution < 1.29 is 4.79 Å². The summed E-state index contributed by atoms with van der Waals surface area (Å²) in [5.74, 6) is 0.978. The van der Waals surface area contributed by atoms with E-state index in [4.69, 9.17) is 23.2 Å². The fourth-order valence-corrected chi connectivity index (χ4v) is 2.24. The van der Waals surface area contributed by atoms with Gasteiger partial charge < -0.3 is 16.0 Å². The molecule has 1 fully saturated rings. The number of rotatable bonds is 7. The Hall–Kier alpha value is -1.20. The molecule has 7 heteroatoms. The van der Waals surface area contributed by atoms with Crippen molar-refractivity contribution in [1.29, 1.82) is 0 Å². The third-order valence-corrected chi connectivity index (χ3v) is 3.72. The number of carbonyl (C=O) groups excluding carboxylic acids is 1. The molecule has 0 aliphatic heterocycles. The molecule has 0 saturated heterocycles. The van der Waals surface area contributed by atoms with E-state index in [1.807, 2.05) is 0 Å². The molecule has 0 bridgehead atoms. The number of nitrogens with one attached hydrogen (secondary N) is 3. The minimum Gasteiger partial charge on any atom is -0.369 e. The van der Waals surface area contributed by atoms with Gasteiger partial charge in [0.15, 0.2) is 0 Å². The first-order valence-electron chi connectivity index (χ1n) is 7.18. The molecule has 1 amide bonds. The molecule has 1 aliphatic rings. The van der Waals surface area contributed by atoms with Gasteiger partial charge in [-0.05, 0) is 32.3 Å². The normalized spacial score (nSPS) is 15.4. The van der Waals surface area contributed by atoms with E-state index in [1.165, 1.54) is 0 Å². The molecule has 0 spiro atoms. The van der Waals surface area contributed by atoms with Crippen LogP contribution in [0.3, 0.4) is 0 Å². The number of amides is 1. The van der Waals surface area contributed by atoms with E-state index in [9.17, 15) is 4.79 Å². The first-order chi connectivity index (χ1) is 10.0. The fraction of sp³-hybridized carbons (Fsp3) is 0.571. The van der Waals surface area contributed by atoms with Crippen molar-refractivity contribution in [3.05, 3.63) is 16.1 Å². The Balaban J connectivity index is 2.04. The van der Waals surface area contributed by atoms with Crippen molar-refractivity contribution in [2.24, 2.45) is 0 Å². The predicted octanol–water partition coefficient (Wildman–Crippen LogP) is 3.29. The number of carbonyl (C=O) groups is 1. The summed E-state index contributed by atoms with van der Waals surface area (Å²) < 4.78 is 0. The minimum atomic E-state index is -0.407. The van der Waals surface area contributed by atoms with E-state index in [0.717, 1.165) is 25.8 Å². The number of pyridine rings is 1. The van der Waals surface area contributed by atoms with Crippen molar-refractivity contribution >= 4 is 40.7 Å². The molecule has 1 heterocycles. The third kappa shape index (κ3) is 4.64. The molecule has 0 aromatic carbocycles. The number of nitrogens with zero attached hydrogens (tertiary/aromatic N) is 1. The van der Waals surface area contributed by atoms with Gasteiger partial charge in [-0.25, -0.2) is 4.98 Å². The number of aromatic nitrogens is 1. The molecule has 116 valence electrons. The summed E-state index contributed by atoms with van der Waals surface area (Å²) in [6.45, 7) is 4.61. The zero-order valence-electron chi connectivity index (χ0n) is 12.2. The van der Waals surface area contributed by atoms with Gasteiger partial charge in [0, 0.05) is 12.6 Å². The Morgan fingerprint density at radius 3 is 2.67 bits per heavy atom. The zero-order chi connectivity index (χ0) is 15.4. The summed E-state index contributed by atoms with van der Waals surface area (Å²) in [4.78, 5) is 16.3. The summed E-state index contributed by atoms with van der Waals surface area (Å²) in [6.07, 6.45) is 3.08. The highest BCUT2D eigenvalue weighted by Crippen LogP contribution is 2.29. The molecule has 1 unspecified atom stereocenters. The summed E-state index contributed by atoms with van der Waals surface area (Å²) >= 11 is 12.2. The highest BCUT2D eigenvalue weighted by molar-refractivity contribution is 6.37. The van der Waals surface area contributed by atoms with Gasteiger partial charge in [0.05, 0.1) is 10.0 Å². The van der Waals surface area contributed by atoms with E-state index in [0.29, 0.717) is 27.7 Å². The smallest absolute Gasteiger partial charge is 0.242 e. The van der Waals surface area contributed by atoms with Gasteiger partial charge in [-0.1, -0.05) is 30.1 Å². The van der Waals surface area contributed by atoms with Crippen LogP contribution in [0, 0.1) is 0 Å². The van der Waals surface area contributed by atoms with Gasteiger partial charge in [-0.15, -0.1) is 0 Å². The van der Waals surface area contributed by atoms with E-state index >= 15 is 0 Å². The standard InChI is InChI=1S/C14H20Cl2N4O/c1-3-6-17-12-10(15)7-11(16)13(20-12)18-8(2)14(21)19-9-4-5-9/h7-9H,3-6H2,1-2H3,(H,19,21)(H2,17,18,20). The van der Waals surface area contributed by atoms with Crippen molar-refractivity contribution in [2.45, 2.75) is 45.2 Å². The molecule has 2 rings (SSSR count). The van der Waals surface area contributed by atoms with E-state index in [1.54, 1.807) is 13.0 Å². The van der Waals surface area contributed by atoms with Crippen molar-refractivity contribution in [3.63, 3.8) is 0 Å². The maximum absolute atomic E-state index is 11.9. The topological polar surface area (TPSA) is 66.0 Å². The lowest BCUT2D eigenvalue weighted by atomic mass is 10.3. The van der Waals surface area contributed by atoms with E-state index < -0.39 is 6.04 Å². The highest BCUT2D eigenvalue weighted by Gasteiger charge is 2.26. The molecule has 1 atom stereocenters. The van der Waals surface area contributed by atoms with Gasteiger partial charge in [0.2, 0.25) is 5.91 Å². The second-order valence-corrected chi connectivity index (χ2v) is 6.04. The lowest BCUT2D eigenvalue weighted by Gasteiger charge is -2.17. The largest absolute Gasteiger partial charge is 0.369 e. The van der Waals surface area contributed by atoms with Crippen LogP contribution < -0.4 is 16.0 Å². The van der Waals surface area contributed by atoms with Crippen LogP contribution in [0.1, 0.15) is 33.1 Å². The maximum atomic E-state index is 11.9. The molecule has 1 aromatic heterocycles. The van der Waals surface area contributed by atoms with Crippen LogP contribution >= 0.6 is 23.2 Å². The molecule has 3 N–H and O–H groups in total. The monoisotopic (exact) mass is 330 g/mol. The molecule has 1 saturated carbocycles. The average molecular weight is 331 g/mol. The number of hydrogen-bond acceptors (Lipinski definition) is 4. The van der Waals surface area contributed by atoms with Gasteiger partial charge >= 0.3 is 0 Å². The third-order valence-electron chi connectivity index (χ3n) is 3.14. The molecule has 5 nitrogen and oxygen atoms in total. The average Bonchev–Trinajstić information content (AvgIpc) is 3.24. The van der Waals surface area contributed by atoms with Crippen LogP contribution in [-0.4, -0.2) is 29.5 Å². The molecule has 1 aromatic rings. The van der Waals surface area contributed by atoms with Crippen LogP contribution in [0.5, 0.6) is 0 Å². The zero-order valence-corrected chi connectivity index (χ0v) is 13.7. The maximum Gasteiger partial charge on any atom is 0.242 e. The van der Waals surface area contributed by atoms with Gasteiger partial charge in [-0.2, -0.15) is 0 Å². The lowest BCUT2D eigenvalue weighted by molar-refractivity contribution is -0.121. The summed E-state index contributed by atoms with van der Waals surface area (Å²) in [6, 6.07) is 1.55. The van der Waals surface area contributed by atoms with Crippen molar-refractivity contribution in [1.82, 2.24) is 10.3 Å². The molecular weight excluding hydrogens is 311 g/mol. The number of hydrogen-bond donors (Lipinski definition) is 3. The predicted molar refractivity (Wildman–Crippen MR) is 87.3 cm³/mol. The van der Waals surface area contributed by atoms with Crippen molar-refractivity contribution in [2.75, 3.05) is 17.2 Å². The fourth-order valence-electron chi connectivity index (χ4n) is 1.76. The number of anilines is 2. The SMILES string of the molecule is CCCNc1nc(NC(C)C(=O)NC2CC2)c(Cl)cc1Cl. The molecule has 21 heavy (non-hydrogen) atoms. The first-order valence-corrected chi connectivity index (χ1v) is 7.93. The molecule has 0 radical (unpaired) electrons. The Morgan fingerprint density at radius 1 is 1.38 bits per heavy atom. The van der Waals surface area contributed by atoms with Crippen LogP contribution in [0.4, 0.5) is 11.6 Å². The Bertz CT molecular complexity index is 520. The van der Waals surface area contributed by atoms with E-state index in [2.05, 4.69) is 27.9 Å². The lowest BCUT2D eigenvalue weighted by Crippen LogP contribution is -2.38. The van der Waals surface area contributed by atoms with Crippen LogP contribution in [-0.2, 0) is 4.79 Å². The molecule has 1 aliphatic carbocycles. The Morgan fingerprint density at radius 2 is 2.05 bits per heavy atom. The summed E-state index contributed by atoms with van der Waals surface area (Å²) in [5, 5.41) is 9.97. The Kier molecular flexibility index (Phi) is 5.53. The van der Waals surface area contributed by atoms with Gasteiger partial charge in [0.1, 0.15) is 17.7 Å². The van der Waals surface area contributed by atoms with Crippen molar-refractivity contribution in [3.8, 4) is 0 Å². The highest BCUT2D eigenvalue weighted by atomic mass is 35.5. The quantitative estimate of drug-likeness (QED) is 0.717. The van der Waals surface area contributed by atoms with E-state index in [-0.39, 0.29) is 5.91 Å². The second-order valence-electron chi connectivity index (χ2n) is 5.22. The first kappa shape index (κ1) is 16.2. The summed E-state index contributed by atoms with van der Waals surface area (Å²) in [7, 11) is 0. The summed E-state index contributed by atoms with van der Waals surface area (Å²) in [5.41, 5.74) is 0. The van der Waals surface area contributed by atoms with Crippen LogP contribution in [0.25, 0.3) is 0 Å². The Labute approximate surface area is 134 Å². The second kappa shape index (κ2) is 7.18. The number of halogens is 2.